The molecular formula is C12H14ClNO3. The smallest absolute Gasteiger partial charge is 0.231 e. The van der Waals surface area contributed by atoms with Gasteiger partial charge in [0.05, 0.1) is 24.1 Å². The Hall–Kier alpha value is -1.26. The number of rotatable bonds is 3. The third-order valence-electron chi connectivity index (χ3n) is 3.00. The molecule has 0 radical (unpaired) electrons. The maximum atomic E-state index is 11.7. The van der Waals surface area contributed by atoms with E-state index in [1.54, 1.807) is 12.1 Å². The number of fused-ring (bicyclic) bond motifs is 1. The molecule has 4 nitrogen and oxygen atoms in total. The first-order valence-corrected chi connectivity index (χ1v) is 6.02. The molecule has 1 aromatic carbocycles. The molecule has 0 saturated carbocycles. The molecule has 5 heteroatoms. The molecule has 1 amide bonds. The second-order valence-electron chi connectivity index (χ2n) is 4.00. The Balaban J connectivity index is 2.52. The van der Waals surface area contributed by atoms with Gasteiger partial charge in [-0.25, -0.2) is 0 Å². The lowest BCUT2D eigenvalue weighted by Gasteiger charge is -2.19. The number of halogens is 1. The SMILES string of the molecule is CCN1C(=O)Cc2ccc(C(O)CCl)c(O)c21. The summed E-state index contributed by atoms with van der Waals surface area (Å²) in [6.07, 6.45) is -0.620. The summed E-state index contributed by atoms with van der Waals surface area (Å²) >= 11 is 5.57. The number of carbonyl (C=O) groups excluding carboxylic acids is 1. The van der Waals surface area contributed by atoms with Gasteiger partial charge in [-0.05, 0) is 12.5 Å². The number of nitrogens with zero attached hydrogens (tertiary/aromatic N) is 1. The molecule has 2 rings (SSSR count). The van der Waals surface area contributed by atoms with Crippen molar-refractivity contribution in [2.45, 2.75) is 19.4 Å². The van der Waals surface area contributed by atoms with Crippen LogP contribution in [0.4, 0.5) is 5.69 Å². The number of phenolic OH excluding ortho intramolecular Hbond substituents is 1. The summed E-state index contributed by atoms with van der Waals surface area (Å²) in [4.78, 5) is 13.2. The number of alkyl halides is 1. The fraction of sp³-hybridized carbons (Fsp3) is 0.417. The van der Waals surface area contributed by atoms with Gasteiger partial charge >= 0.3 is 0 Å². The van der Waals surface area contributed by atoms with E-state index in [0.717, 1.165) is 5.56 Å². The van der Waals surface area contributed by atoms with Crippen molar-refractivity contribution in [3.63, 3.8) is 0 Å². The summed E-state index contributed by atoms with van der Waals surface area (Å²) in [5, 5.41) is 19.8. The van der Waals surface area contributed by atoms with Crippen LogP contribution < -0.4 is 4.90 Å². The molecule has 0 aliphatic carbocycles. The van der Waals surface area contributed by atoms with E-state index in [9.17, 15) is 15.0 Å². The second kappa shape index (κ2) is 4.55. The van der Waals surface area contributed by atoms with Gasteiger partial charge in [0.2, 0.25) is 5.91 Å². The monoisotopic (exact) mass is 255 g/mol. The number of anilines is 1. The predicted molar refractivity (Wildman–Crippen MR) is 65.5 cm³/mol. The van der Waals surface area contributed by atoms with Crippen molar-refractivity contribution >= 4 is 23.2 Å². The number of hydrogen-bond donors (Lipinski definition) is 2. The zero-order chi connectivity index (χ0) is 12.6. The van der Waals surface area contributed by atoms with Crippen LogP contribution in [-0.4, -0.2) is 28.5 Å². The fourth-order valence-electron chi connectivity index (χ4n) is 2.15. The summed E-state index contributed by atoms with van der Waals surface area (Å²) < 4.78 is 0. The van der Waals surface area contributed by atoms with Crippen LogP contribution >= 0.6 is 11.6 Å². The summed E-state index contributed by atoms with van der Waals surface area (Å²) in [5.41, 5.74) is 1.67. The largest absolute Gasteiger partial charge is 0.505 e. The number of amides is 1. The Morgan fingerprint density at radius 1 is 1.53 bits per heavy atom. The summed E-state index contributed by atoms with van der Waals surface area (Å²) in [5.74, 6) is -0.0643. The van der Waals surface area contributed by atoms with Gasteiger partial charge in [-0.15, -0.1) is 11.6 Å². The van der Waals surface area contributed by atoms with Crippen LogP contribution in [0, 0.1) is 0 Å². The Bertz CT molecular complexity index is 461. The maximum Gasteiger partial charge on any atom is 0.231 e. The summed E-state index contributed by atoms with van der Waals surface area (Å²) in [6, 6.07) is 3.38. The van der Waals surface area contributed by atoms with Gasteiger partial charge in [0.25, 0.3) is 0 Å². The number of aliphatic hydroxyl groups excluding tert-OH is 1. The van der Waals surface area contributed by atoms with Crippen LogP contribution in [0.5, 0.6) is 5.75 Å². The molecule has 92 valence electrons. The molecule has 0 aromatic heterocycles. The van der Waals surface area contributed by atoms with Gasteiger partial charge in [-0.3, -0.25) is 4.79 Å². The molecule has 0 spiro atoms. The highest BCUT2D eigenvalue weighted by atomic mass is 35.5. The molecule has 0 bridgehead atoms. The van der Waals surface area contributed by atoms with Crippen molar-refractivity contribution in [1.29, 1.82) is 0 Å². The number of hydrogen-bond acceptors (Lipinski definition) is 3. The van der Waals surface area contributed by atoms with E-state index in [0.29, 0.717) is 24.2 Å². The van der Waals surface area contributed by atoms with Crippen LogP contribution in [0.15, 0.2) is 12.1 Å². The third kappa shape index (κ3) is 1.87. The Labute approximate surface area is 104 Å². The van der Waals surface area contributed by atoms with E-state index in [-0.39, 0.29) is 17.5 Å². The molecule has 0 saturated heterocycles. The zero-order valence-corrected chi connectivity index (χ0v) is 10.2. The minimum Gasteiger partial charge on any atom is -0.505 e. The molecule has 17 heavy (non-hydrogen) atoms. The van der Waals surface area contributed by atoms with Crippen molar-refractivity contribution in [3.8, 4) is 5.75 Å². The highest BCUT2D eigenvalue weighted by Gasteiger charge is 2.30. The Morgan fingerprint density at radius 2 is 2.24 bits per heavy atom. The van der Waals surface area contributed by atoms with Crippen LogP contribution in [0.2, 0.25) is 0 Å². The molecule has 1 aromatic rings. The first kappa shape index (κ1) is 12.2. The van der Waals surface area contributed by atoms with E-state index in [1.807, 2.05) is 6.92 Å². The van der Waals surface area contributed by atoms with Crippen LogP contribution in [0.3, 0.4) is 0 Å². The number of carbonyl (C=O) groups is 1. The van der Waals surface area contributed by atoms with Gasteiger partial charge in [-0.1, -0.05) is 12.1 Å². The first-order valence-electron chi connectivity index (χ1n) is 5.49. The molecule has 1 atom stereocenters. The zero-order valence-electron chi connectivity index (χ0n) is 9.48. The quantitative estimate of drug-likeness (QED) is 0.806. The average Bonchev–Trinajstić information content (AvgIpc) is 2.65. The van der Waals surface area contributed by atoms with E-state index >= 15 is 0 Å². The molecule has 1 heterocycles. The van der Waals surface area contributed by atoms with Crippen molar-refractivity contribution in [1.82, 2.24) is 0 Å². The second-order valence-corrected chi connectivity index (χ2v) is 4.30. The van der Waals surface area contributed by atoms with E-state index in [1.165, 1.54) is 4.90 Å². The molecule has 2 N–H and O–H groups in total. The predicted octanol–water partition coefficient (Wildman–Crippen LogP) is 1.57. The summed E-state index contributed by atoms with van der Waals surface area (Å²) in [6.45, 7) is 2.34. The Morgan fingerprint density at radius 3 is 2.82 bits per heavy atom. The number of benzene rings is 1. The van der Waals surface area contributed by atoms with Gasteiger partial charge < -0.3 is 15.1 Å². The van der Waals surface area contributed by atoms with Crippen LogP contribution in [0.1, 0.15) is 24.2 Å². The van der Waals surface area contributed by atoms with Gasteiger partial charge in [-0.2, -0.15) is 0 Å². The molecular weight excluding hydrogens is 242 g/mol. The molecule has 1 aliphatic rings. The van der Waals surface area contributed by atoms with Crippen molar-refractivity contribution < 1.29 is 15.0 Å². The number of likely N-dealkylation sites (N-methyl/N-ethyl adjacent to an activating group) is 1. The first-order chi connectivity index (χ1) is 8.10. The molecule has 0 fully saturated rings. The van der Waals surface area contributed by atoms with Gasteiger partial charge in [0.1, 0.15) is 5.75 Å². The van der Waals surface area contributed by atoms with Crippen LogP contribution in [-0.2, 0) is 11.2 Å². The standard InChI is InChI=1S/C12H14ClNO3/c1-2-14-10(16)5-7-3-4-8(9(15)6-13)12(17)11(7)14/h3-4,9,15,17H,2,5-6H2,1H3. The maximum absolute atomic E-state index is 11.7. The van der Waals surface area contributed by atoms with Crippen LogP contribution in [0.25, 0.3) is 0 Å². The lowest BCUT2D eigenvalue weighted by Crippen LogP contribution is -2.26. The van der Waals surface area contributed by atoms with Gasteiger partial charge in [0.15, 0.2) is 0 Å². The van der Waals surface area contributed by atoms with Gasteiger partial charge in [0, 0.05) is 12.1 Å². The van der Waals surface area contributed by atoms with Crippen molar-refractivity contribution in [2.75, 3.05) is 17.3 Å². The minimum atomic E-state index is -0.920. The number of aliphatic hydroxyl groups is 1. The lowest BCUT2D eigenvalue weighted by atomic mass is 10.0. The lowest BCUT2D eigenvalue weighted by molar-refractivity contribution is -0.117. The summed E-state index contributed by atoms with van der Waals surface area (Å²) in [7, 11) is 0. The molecule has 1 aliphatic heterocycles. The normalized spacial score (nSPS) is 16.2. The van der Waals surface area contributed by atoms with E-state index in [2.05, 4.69) is 0 Å². The highest BCUT2D eigenvalue weighted by molar-refractivity contribution is 6.18. The number of aromatic hydroxyl groups is 1. The van der Waals surface area contributed by atoms with E-state index in [4.69, 9.17) is 11.6 Å². The van der Waals surface area contributed by atoms with Crippen molar-refractivity contribution in [2.24, 2.45) is 0 Å². The number of phenols is 1. The fourth-order valence-corrected chi connectivity index (χ4v) is 2.32. The van der Waals surface area contributed by atoms with Crippen molar-refractivity contribution in [3.05, 3.63) is 23.3 Å². The third-order valence-corrected chi connectivity index (χ3v) is 3.29. The Kier molecular flexibility index (Phi) is 3.26. The minimum absolute atomic E-state index is 0.00637. The average molecular weight is 256 g/mol. The van der Waals surface area contributed by atoms with E-state index < -0.39 is 6.10 Å². The molecule has 1 unspecified atom stereocenters. The highest BCUT2D eigenvalue weighted by Crippen LogP contribution is 2.41. The topological polar surface area (TPSA) is 60.8 Å².